The molecule has 2 aromatic rings. The second kappa shape index (κ2) is 8.61. The first-order chi connectivity index (χ1) is 14.9. The number of amides is 2. The van der Waals surface area contributed by atoms with Gasteiger partial charge in [0.15, 0.2) is 0 Å². The second-order valence-corrected chi connectivity index (χ2v) is 8.02. The number of benzene rings is 2. The average Bonchev–Trinajstić information content (AvgIpc) is 3.00. The zero-order valence-electron chi connectivity index (χ0n) is 17.8. The van der Waals surface area contributed by atoms with E-state index in [1.54, 1.807) is 0 Å². The van der Waals surface area contributed by atoms with Gasteiger partial charge in [0.05, 0.1) is 17.9 Å². The van der Waals surface area contributed by atoms with Crippen LogP contribution in [0.1, 0.15) is 16.7 Å². The van der Waals surface area contributed by atoms with Gasteiger partial charge in [0, 0.05) is 32.7 Å². The molecule has 0 aliphatic carbocycles. The van der Waals surface area contributed by atoms with Crippen LogP contribution in [0, 0.1) is 19.7 Å². The van der Waals surface area contributed by atoms with E-state index >= 15 is 0 Å². The smallest absolute Gasteiger partial charge is 0.282 e. The predicted molar refractivity (Wildman–Crippen MR) is 117 cm³/mol. The van der Waals surface area contributed by atoms with Crippen molar-refractivity contribution in [3.63, 3.8) is 0 Å². The standard InChI is InChI=1S/C24H26FN3O3/c1-16-3-8-20(17(2)15-16)21-22(27-11-9-26(10-12-27)13-14-29)24(31)28(23(21)30)19-6-4-18(25)5-7-19/h3-8,15,29H,9-14H2,1-2H3. The molecule has 0 atom stereocenters. The highest BCUT2D eigenvalue weighted by molar-refractivity contribution is 6.45. The number of piperazine rings is 1. The summed E-state index contributed by atoms with van der Waals surface area (Å²) < 4.78 is 13.4. The predicted octanol–water partition coefficient (Wildman–Crippen LogP) is 2.34. The number of aryl methyl sites for hydroxylation is 2. The SMILES string of the molecule is Cc1ccc(C2=C(N3CCN(CCO)CC3)C(=O)N(c3ccc(F)cc3)C2=O)c(C)c1. The number of hydrogen-bond acceptors (Lipinski definition) is 5. The van der Waals surface area contributed by atoms with Crippen molar-refractivity contribution in [2.75, 3.05) is 44.2 Å². The third kappa shape index (κ3) is 3.98. The van der Waals surface area contributed by atoms with Gasteiger partial charge in [-0.15, -0.1) is 0 Å². The van der Waals surface area contributed by atoms with Gasteiger partial charge < -0.3 is 10.0 Å². The lowest BCUT2D eigenvalue weighted by Gasteiger charge is -2.36. The molecule has 2 heterocycles. The fourth-order valence-corrected chi connectivity index (χ4v) is 4.31. The molecule has 1 saturated heterocycles. The normalized spacial score (nSPS) is 17.8. The van der Waals surface area contributed by atoms with Crippen LogP contribution in [0.5, 0.6) is 0 Å². The molecule has 0 saturated carbocycles. The lowest BCUT2D eigenvalue weighted by Crippen LogP contribution is -2.48. The highest BCUT2D eigenvalue weighted by Gasteiger charge is 2.43. The molecule has 0 bridgehead atoms. The van der Waals surface area contributed by atoms with Crippen molar-refractivity contribution in [1.82, 2.24) is 9.80 Å². The van der Waals surface area contributed by atoms with Gasteiger partial charge in [-0.3, -0.25) is 14.5 Å². The zero-order valence-corrected chi connectivity index (χ0v) is 17.8. The minimum Gasteiger partial charge on any atom is -0.395 e. The van der Waals surface area contributed by atoms with Crippen molar-refractivity contribution in [1.29, 1.82) is 0 Å². The van der Waals surface area contributed by atoms with Crippen molar-refractivity contribution >= 4 is 23.1 Å². The maximum absolute atomic E-state index is 13.5. The number of anilines is 1. The minimum absolute atomic E-state index is 0.0896. The van der Waals surface area contributed by atoms with Crippen LogP contribution in [0.3, 0.4) is 0 Å². The van der Waals surface area contributed by atoms with Crippen molar-refractivity contribution < 1.29 is 19.1 Å². The molecule has 1 fully saturated rings. The van der Waals surface area contributed by atoms with E-state index in [1.807, 2.05) is 36.9 Å². The van der Waals surface area contributed by atoms with Crippen LogP contribution in [0.4, 0.5) is 10.1 Å². The van der Waals surface area contributed by atoms with Gasteiger partial charge >= 0.3 is 0 Å². The third-order valence-corrected chi connectivity index (χ3v) is 5.90. The van der Waals surface area contributed by atoms with Crippen molar-refractivity contribution in [3.8, 4) is 0 Å². The van der Waals surface area contributed by atoms with Gasteiger partial charge in [-0.1, -0.05) is 23.8 Å². The summed E-state index contributed by atoms with van der Waals surface area (Å²) in [6.07, 6.45) is 0. The number of hydrogen-bond donors (Lipinski definition) is 1. The number of carbonyl (C=O) groups excluding carboxylic acids is 2. The van der Waals surface area contributed by atoms with E-state index in [4.69, 9.17) is 0 Å². The number of rotatable bonds is 5. The maximum Gasteiger partial charge on any atom is 0.282 e. The highest BCUT2D eigenvalue weighted by atomic mass is 19.1. The third-order valence-electron chi connectivity index (χ3n) is 5.90. The van der Waals surface area contributed by atoms with Gasteiger partial charge in [-0.05, 0) is 49.2 Å². The molecule has 1 N–H and O–H groups in total. The molecule has 2 aliphatic heterocycles. The molecule has 2 aliphatic rings. The zero-order chi connectivity index (χ0) is 22.1. The van der Waals surface area contributed by atoms with Crippen LogP contribution in [-0.4, -0.2) is 66.1 Å². The number of aliphatic hydroxyl groups excluding tert-OH is 1. The van der Waals surface area contributed by atoms with E-state index < -0.39 is 11.7 Å². The monoisotopic (exact) mass is 423 g/mol. The molecule has 0 aromatic heterocycles. The van der Waals surface area contributed by atoms with Crippen LogP contribution in [0.25, 0.3) is 5.57 Å². The van der Waals surface area contributed by atoms with E-state index in [0.717, 1.165) is 21.6 Å². The summed E-state index contributed by atoms with van der Waals surface area (Å²) in [7, 11) is 0. The number of nitrogens with zero attached hydrogens (tertiary/aromatic N) is 3. The van der Waals surface area contributed by atoms with Crippen molar-refractivity contribution in [2.24, 2.45) is 0 Å². The highest BCUT2D eigenvalue weighted by Crippen LogP contribution is 2.36. The average molecular weight is 423 g/mol. The molecule has 31 heavy (non-hydrogen) atoms. The summed E-state index contributed by atoms with van der Waals surface area (Å²) in [5.41, 5.74) is 3.88. The lowest BCUT2D eigenvalue weighted by atomic mass is 9.97. The topological polar surface area (TPSA) is 64.1 Å². The Morgan fingerprint density at radius 2 is 1.61 bits per heavy atom. The molecule has 0 radical (unpaired) electrons. The first kappa shape index (κ1) is 21.2. The lowest BCUT2D eigenvalue weighted by molar-refractivity contribution is -0.120. The Morgan fingerprint density at radius 3 is 2.23 bits per heavy atom. The van der Waals surface area contributed by atoms with Crippen LogP contribution in [0.2, 0.25) is 0 Å². The number of imide groups is 1. The summed E-state index contributed by atoms with van der Waals surface area (Å²) >= 11 is 0. The Balaban J connectivity index is 1.77. The van der Waals surface area contributed by atoms with Crippen LogP contribution in [-0.2, 0) is 9.59 Å². The van der Waals surface area contributed by atoms with E-state index in [1.165, 1.54) is 24.3 Å². The van der Waals surface area contributed by atoms with E-state index in [2.05, 4.69) is 4.90 Å². The molecular formula is C24H26FN3O3. The number of carbonyl (C=O) groups is 2. The fraction of sp³-hybridized carbons (Fsp3) is 0.333. The van der Waals surface area contributed by atoms with Gasteiger partial charge in [-0.25, -0.2) is 9.29 Å². The molecule has 0 spiro atoms. The minimum atomic E-state index is -0.425. The molecule has 0 unspecified atom stereocenters. The van der Waals surface area contributed by atoms with Crippen LogP contribution >= 0.6 is 0 Å². The Bertz CT molecular complexity index is 1040. The molecule has 6 nitrogen and oxygen atoms in total. The summed E-state index contributed by atoms with van der Waals surface area (Å²) in [5, 5.41) is 9.20. The summed E-state index contributed by atoms with van der Waals surface area (Å²) in [6, 6.07) is 11.2. The summed E-state index contributed by atoms with van der Waals surface area (Å²) in [4.78, 5) is 32.3. The Kier molecular flexibility index (Phi) is 5.89. The van der Waals surface area contributed by atoms with Gasteiger partial charge in [0.1, 0.15) is 11.5 Å². The molecule has 7 heteroatoms. The molecule has 2 amide bonds. The molecule has 4 rings (SSSR count). The Hall–Kier alpha value is -3.03. The van der Waals surface area contributed by atoms with Gasteiger partial charge in [0.2, 0.25) is 0 Å². The van der Waals surface area contributed by atoms with Gasteiger partial charge in [0.25, 0.3) is 11.8 Å². The first-order valence-corrected chi connectivity index (χ1v) is 10.4. The number of aliphatic hydroxyl groups is 1. The summed E-state index contributed by atoms with van der Waals surface area (Å²) in [5.74, 6) is -1.20. The molecule has 2 aromatic carbocycles. The molecular weight excluding hydrogens is 397 g/mol. The maximum atomic E-state index is 13.5. The quantitative estimate of drug-likeness (QED) is 0.748. The fourth-order valence-electron chi connectivity index (χ4n) is 4.31. The van der Waals surface area contributed by atoms with Crippen molar-refractivity contribution in [3.05, 3.63) is 70.7 Å². The van der Waals surface area contributed by atoms with Crippen LogP contribution < -0.4 is 4.90 Å². The molecule has 162 valence electrons. The Labute approximate surface area is 181 Å². The second-order valence-electron chi connectivity index (χ2n) is 8.02. The van der Waals surface area contributed by atoms with Crippen molar-refractivity contribution in [2.45, 2.75) is 13.8 Å². The van der Waals surface area contributed by atoms with E-state index in [9.17, 15) is 19.1 Å². The largest absolute Gasteiger partial charge is 0.395 e. The number of β-amino-alcohol motifs (C(OH)–C–C–N with tert-alkyl or cyclic N) is 1. The summed E-state index contributed by atoms with van der Waals surface area (Å²) in [6.45, 7) is 7.16. The first-order valence-electron chi connectivity index (χ1n) is 10.4. The Morgan fingerprint density at radius 1 is 0.935 bits per heavy atom. The number of halogens is 1. The van der Waals surface area contributed by atoms with E-state index in [-0.39, 0.29) is 12.5 Å². The van der Waals surface area contributed by atoms with Crippen LogP contribution in [0.15, 0.2) is 48.2 Å². The van der Waals surface area contributed by atoms with E-state index in [0.29, 0.717) is 49.7 Å². The van der Waals surface area contributed by atoms with Gasteiger partial charge in [-0.2, -0.15) is 0 Å².